The van der Waals surface area contributed by atoms with E-state index >= 15 is 0 Å². The molecule has 0 atom stereocenters. The fourth-order valence-corrected chi connectivity index (χ4v) is 2.24. The lowest BCUT2D eigenvalue weighted by Crippen LogP contribution is -1.90. The molecule has 0 unspecified atom stereocenters. The maximum Gasteiger partial charge on any atom is 0.195 e. The number of nitrogens with two attached hydrogens (primary N) is 1. The summed E-state index contributed by atoms with van der Waals surface area (Å²) in [6, 6.07) is 5.96. The normalized spacial score (nSPS) is 10.5. The van der Waals surface area contributed by atoms with Crippen molar-refractivity contribution in [3.63, 3.8) is 0 Å². The van der Waals surface area contributed by atoms with Gasteiger partial charge in [-0.05, 0) is 42.4 Å². The molecule has 0 saturated heterocycles. The quantitative estimate of drug-likeness (QED) is 0.785. The Balaban J connectivity index is 2.28. The molecule has 5 heteroatoms. The maximum atomic E-state index is 5.77. The summed E-state index contributed by atoms with van der Waals surface area (Å²) in [5.74, 6) is 0. The number of aromatic nitrogens is 3. The van der Waals surface area contributed by atoms with Crippen LogP contribution >= 0.6 is 11.8 Å². The molecule has 0 saturated carbocycles. The van der Waals surface area contributed by atoms with Crippen molar-refractivity contribution in [1.82, 2.24) is 14.8 Å². The van der Waals surface area contributed by atoms with Gasteiger partial charge in [-0.15, -0.1) is 10.2 Å². The van der Waals surface area contributed by atoms with Crippen molar-refractivity contribution in [1.29, 1.82) is 0 Å². The molecule has 15 heavy (non-hydrogen) atoms. The zero-order valence-electron chi connectivity index (χ0n) is 8.64. The van der Waals surface area contributed by atoms with Crippen LogP contribution in [0.1, 0.15) is 5.56 Å². The lowest BCUT2D eigenvalue weighted by atomic mass is 10.2. The van der Waals surface area contributed by atoms with Crippen LogP contribution in [0.5, 0.6) is 0 Å². The highest BCUT2D eigenvalue weighted by molar-refractivity contribution is 7.99. The molecule has 78 valence electrons. The monoisotopic (exact) mass is 220 g/mol. The Bertz CT molecular complexity index is 458. The fourth-order valence-electron chi connectivity index (χ4n) is 1.31. The van der Waals surface area contributed by atoms with Crippen molar-refractivity contribution in [3.05, 3.63) is 30.1 Å². The number of hydrogen-bond acceptors (Lipinski definition) is 4. The highest BCUT2D eigenvalue weighted by Crippen LogP contribution is 2.27. The van der Waals surface area contributed by atoms with Crippen molar-refractivity contribution in [2.45, 2.75) is 17.0 Å². The van der Waals surface area contributed by atoms with E-state index in [1.807, 2.05) is 30.7 Å². The van der Waals surface area contributed by atoms with E-state index in [1.54, 1.807) is 18.1 Å². The first-order valence-electron chi connectivity index (χ1n) is 4.54. The number of benzene rings is 1. The largest absolute Gasteiger partial charge is 0.399 e. The lowest BCUT2D eigenvalue weighted by molar-refractivity contribution is 0.788. The second-order valence-corrected chi connectivity index (χ2v) is 4.45. The van der Waals surface area contributed by atoms with E-state index in [0.717, 1.165) is 21.3 Å². The van der Waals surface area contributed by atoms with E-state index in [0.29, 0.717) is 0 Å². The summed E-state index contributed by atoms with van der Waals surface area (Å²) >= 11 is 1.56. The number of hydrogen-bond donors (Lipinski definition) is 1. The van der Waals surface area contributed by atoms with Crippen LogP contribution in [0, 0.1) is 6.92 Å². The van der Waals surface area contributed by atoms with Gasteiger partial charge >= 0.3 is 0 Å². The summed E-state index contributed by atoms with van der Waals surface area (Å²) in [6.45, 7) is 2.02. The molecular weight excluding hydrogens is 208 g/mol. The van der Waals surface area contributed by atoms with Gasteiger partial charge in [0.05, 0.1) is 0 Å². The molecule has 0 spiro atoms. The second kappa shape index (κ2) is 3.94. The average Bonchev–Trinajstić information content (AvgIpc) is 2.50. The van der Waals surface area contributed by atoms with E-state index in [-0.39, 0.29) is 0 Å². The second-order valence-electron chi connectivity index (χ2n) is 3.41. The molecule has 0 radical (unpaired) electrons. The minimum Gasteiger partial charge on any atom is -0.399 e. The van der Waals surface area contributed by atoms with Gasteiger partial charge in [-0.1, -0.05) is 0 Å². The number of nitrogens with zero attached hydrogens (tertiary/aromatic N) is 3. The van der Waals surface area contributed by atoms with Gasteiger partial charge in [0, 0.05) is 17.6 Å². The van der Waals surface area contributed by atoms with Crippen LogP contribution in [0.3, 0.4) is 0 Å². The Kier molecular flexibility index (Phi) is 2.64. The molecule has 0 fully saturated rings. The van der Waals surface area contributed by atoms with Gasteiger partial charge in [-0.25, -0.2) is 0 Å². The predicted molar refractivity (Wildman–Crippen MR) is 60.7 cm³/mol. The highest BCUT2D eigenvalue weighted by Gasteiger charge is 2.04. The molecule has 0 aliphatic carbocycles. The van der Waals surface area contributed by atoms with Crippen LogP contribution in [0.25, 0.3) is 0 Å². The van der Waals surface area contributed by atoms with Crippen LogP contribution in [0.15, 0.2) is 34.6 Å². The third-order valence-corrected chi connectivity index (χ3v) is 2.98. The average molecular weight is 220 g/mol. The smallest absolute Gasteiger partial charge is 0.195 e. The van der Waals surface area contributed by atoms with Gasteiger partial charge in [0.2, 0.25) is 0 Å². The van der Waals surface area contributed by atoms with Gasteiger partial charge in [0.25, 0.3) is 0 Å². The first-order chi connectivity index (χ1) is 7.15. The van der Waals surface area contributed by atoms with Gasteiger partial charge in [-0.3, -0.25) is 0 Å². The number of aryl methyl sites for hydroxylation is 2. The first kappa shape index (κ1) is 10.0. The summed E-state index contributed by atoms with van der Waals surface area (Å²) < 4.78 is 1.88. The number of nitrogen functional groups attached to an aromatic ring is 1. The number of rotatable bonds is 2. The summed E-state index contributed by atoms with van der Waals surface area (Å²) in [4.78, 5) is 1.09. The molecule has 1 heterocycles. The molecule has 0 aliphatic heterocycles. The Morgan fingerprint density at radius 1 is 1.33 bits per heavy atom. The van der Waals surface area contributed by atoms with E-state index in [2.05, 4.69) is 16.3 Å². The molecule has 2 aromatic rings. The predicted octanol–water partition coefficient (Wildman–Crippen LogP) is 1.86. The van der Waals surface area contributed by atoms with Crippen molar-refractivity contribution in [3.8, 4) is 0 Å². The Morgan fingerprint density at radius 3 is 2.73 bits per heavy atom. The third-order valence-electron chi connectivity index (χ3n) is 1.95. The molecule has 2 N–H and O–H groups in total. The zero-order valence-corrected chi connectivity index (χ0v) is 9.45. The molecule has 4 nitrogen and oxygen atoms in total. The van der Waals surface area contributed by atoms with E-state index in [1.165, 1.54) is 0 Å². The lowest BCUT2D eigenvalue weighted by Gasteiger charge is -2.03. The Labute approximate surface area is 92.5 Å². The Hall–Kier alpha value is -1.49. The third kappa shape index (κ3) is 2.30. The van der Waals surface area contributed by atoms with Crippen LogP contribution in [0.2, 0.25) is 0 Å². The van der Waals surface area contributed by atoms with Crippen molar-refractivity contribution in [2.75, 3.05) is 5.73 Å². The van der Waals surface area contributed by atoms with Gasteiger partial charge in [-0.2, -0.15) is 0 Å². The molecule has 1 aromatic heterocycles. The van der Waals surface area contributed by atoms with Crippen molar-refractivity contribution in [2.24, 2.45) is 7.05 Å². The summed E-state index contributed by atoms with van der Waals surface area (Å²) in [5, 5.41) is 8.69. The van der Waals surface area contributed by atoms with Crippen molar-refractivity contribution >= 4 is 17.4 Å². The van der Waals surface area contributed by atoms with Gasteiger partial charge in [0.1, 0.15) is 6.33 Å². The van der Waals surface area contributed by atoms with Crippen LogP contribution < -0.4 is 5.73 Å². The SMILES string of the molecule is Cc1cc(N)cc(Sc2nncn2C)c1. The maximum absolute atomic E-state index is 5.77. The Morgan fingerprint density at radius 2 is 2.13 bits per heavy atom. The molecule has 0 amide bonds. The summed E-state index contributed by atoms with van der Waals surface area (Å²) in [5.41, 5.74) is 7.70. The molecule has 2 rings (SSSR count). The highest BCUT2D eigenvalue weighted by atomic mass is 32.2. The van der Waals surface area contributed by atoms with E-state index in [9.17, 15) is 0 Å². The number of anilines is 1. The summed E-state index contributed by atoms with van der Waals surface area (Å²) in [6.07, 6.45) is 1.68. The molecule has 1 aromatic carbocycles. The van der Waals surface area contributed by atoms with Crippen LogP contribution in [-0.2, 0) is 7.05 Å². The van der Waals surface area contributed by atoms with Gasteiger partial charge in [0.15, 0.2) is 5.16 Å². The molecule has 0 aliphatic rings. The molecular formula is C10H12N4S. The van der Waals surface area contributed by atoms with Crippen molar-refractivity contribution < 1.29 is 0 Å². The van der Waals surface area contributed by atoms with Gasteiger partial charge < -0.3 is 10.3 Å². The van der Waals surface area contributed by atoms with E-state index in [4.69, 9.17) is 5.73 Å². The molecule has 0 bridgehead atoms. The minimum atomic E-state index is 0.777. The fraction of sp³-hybridized carbons (Fsp3) is 0.200. The standard InChI is InChI=1S/C10H12N4S/c1-7-3-8(11)5-9(4-7)15-10-13-12-6-14(10)2/h3-6H,11H2,1-2H3. The van der Waals surface area contributed by atoms with E-state index < -0.39 is 0 Å². The van der Waals surface area contributed by atoms with Crippen LogP contribution in [0.4, 0.5) is 5.69 Å². The first-order valence-corrected chi connectivity index (χ1v) is 5.36. The van der Waals surface area contributed by atoms with Crippen LogP contribution in [-0.4, -0.2) is 14.8 Å². The topological polar surface area (TPSA) is 56.7 Å². The minimum absolute atomic E-state index is 0.777. The zero-order chi connectivity index (χ0) is 10.8. The summed E-state index contributed by atoms with van der Waals surface area (Å²) in [7, 11) is 1.92.